The second kappa shape index (κ2) is 5.53. The molecule has 0 bridgehead atoms. The normalized spacial score (nSPS) is 25.5. The monoisotopic (exact) mass is 255 g/mol. The molecule has 1 saturated carbocycles. The van der Waals surface area contributed by atoms with E-state index in [1.54, 1.807) is 0 Å². The molecule has 1 heterocycles. The molecule has 94 valence electrons. The predicted octanol–water partition coefficient (Wildman–Crippen LogP) is 2.24. The number of aromatic nitrogens is 3. The van der Waals surface area contributed by atoms with Crippen molar-refractivity contribution >= 4 is 17.7 Å². The highest BCUT2D eigenvalue weighted by atomic mass is 32.2. The fraction of sp³-hybridized carbons (Fsp3) is 0.727. The molecule has 0 radical (unpaired) electrons. The van der Waals surface area contributed by atoms with Gasteiger partial charge in [0.15, 0.2) is 0 Å². The van der Waals surface area contributed by atoms with E-state index < -0.39 is 5.97 Å². The summed E-state index contributed by atoms with van der Waals surface area (Å²) in [5.74, 6) is -0.175. The molecule has 1 aromatic rings. The summed E-state index contributed by atoms with van der Waals surface area (Å²) in [4.78, 5) is 15.5. The number of H-pyrrole nitrogens is 1. The summed E-state index contributed by atoms with van der Waals surface area (Å²) in [6, 6.07) is 0. The van der Waals surface area contributed by atoms with Crippen LogP contribution in [0.15, 0.2) is 5.16 Å². The van der Waals surface area contributed by atoms with Gasteiger partial charge in [0, 0.05) is 5.25 Å². The third-order valence-electron chi connectivity index (χ3n) is 3.10. The fourth-order valence-corrected chi connectivity index (χ4v) is 3.47. The van der Waals surface area contributed by atoms with Crippen molar-refractivity contribution in [3.63, 3.8) is 0 Å². The van der Waals surface area contributed by atoms with Crippen LogP contribution in [0.25, 0.3) is 0 Å². The molecule has 1 aliphatic carbocycles. The highest BCUT2D eigenvalue weighted by Crippen LogP contribution is 2.35. The molecule has 17 heavy (non-hydrogen) atoms. The van der Waals surface area contributed by atoms with E-state index in [4.69, 9.17) is 0 Å². The molecule has 5 nitrogen and oxygen atoms in total. The van der Waals surface area contributed by atoms with Gasteiger partial charge in [0.05, 0.1) is 5.92 Å². The van der Waals surface area contributed by atoms with Crippen LogP contribution in [0.3, 0.4) is 0 Å². The highest BCUT2D eigenvalue weighted by Gasteiger charge is 2.31. The lowest BCUT2D eigenvalue weighted by molar-refractivity contribution is -0.141. The number of carboxylic acids is 1. The van der Waals surface area contributed by atoms with E-state index in [0.717, 1.165) is 37.9 Å². The molecule has 1 aromatic heterocycles. The zero-order chi connectivity index (χ0) is 12.3. The minimum absolute atomic E-state index is 0.102. The van der Waals surface area contributed by atoms with E-state index in [0.29, 0.717) is 5.16 Å². The minimum Gasteiger partial charge on any atom is -0.481 e. The Labute approximate surface area is 104 Å². The lowest BCUT2D eigenvalue weighted by Crippen LogP contribution is -2.24. The quantitative estimate of drug-likeness (QED) is 0.810. The van der Waals surface area contributed by atoms with Gasteiger partial charge in [-0.2, -0.15) is 0 Å². The molecule has 0 aliphatic heterocycles. The van der Waals surface area contributed by atoms with E-state index in [1.807, 2.05) is 6.92 Å². The number of aliphatic carboxylic acids is 1. The lowest BCUT2D eigenvalue weighted by Gasteiger charge is -2.19. The smallest absolute Gasteiger partial charge is 0.307 e. The Balaban J connectivity index is 2.07. The van der Waals surface area contributed by atoms with Gasteiger partial charge in [-0.3, -0.25) is 9.89 Å². The topological polar surface area (TPSA) is 78.9 Å². The average Bonchev–Trinajstić information content (AvgIpc) is 2.55. The summed E-state index contributed by atoms with van der Waals surface area (Å²) in [6.07, 6.45) is 4.96. The van der Waals surface area contributed by atoms with Crippen molar-refractivity contribution in [2.75, 3.05) is 0 Å². The van der Waals surface area contributed by atoms with Gasteiger partial charge < -0.3 is 5.11 Å². The van der Waals surface area contributed by atoms with Crippen LogP contribution < -0.4 is 0 Å². The van der Waals surface area contributed by atoms with Crippen molar-refractivity contribution in [3.8, 4) is 0 Å². The number of aryl methyl sites for hydroxylation is 1. The largest absolute Gasteiger partial charge is 0.481 e. The van der Waals surface area contributed by atoms with Crippen molar-refractivity contribution in [2.45, 2.75) is 49.4 Å². The van der Waals surface area contributed by atoms with Gasteiger partial charge in [-0.05, 0) is 19.8 Å². The maximum absolute atomic E-state index is 11.3. The number of aromatic amines is 1. The van der Waals surface area contributed by atoms with Crippen LogP contribution in [0.1, 0.15) is 37.9 Å². The van der Waals surface area contributed by atoms with Gasteiger partial charge in [-0.1, -0.05) is 31.0 Å². The van der Waals surface area contributed by atoms with Gasteiger partial charge in [-0.15, -0.1) is 5.10 Å². The first-order valence-electron chi connectivity index (χ1n) is 5.95. The van der Waals surface area contributed by atoms with Gasteiger partial charge in [0.25, 0.3) is 0 Å². The van der Waals surface area contributed by atoms with Gasteiger partial charge in [-0.25, -0.2) is 4.98 Å². The third-order valence-corrected chi connectivity index (χ3v) is 4.36. The summed E-state index contributed by atoms with van der Waals surface area (Å²) < 4.78 is 0. The first-order chi connectivity index (χ1) is 8.16. The van der Waals surface area contributed by atoms with Crippen LogP contribution in [0.4, 0.5) is 0 Å². The lowest BCUT2D eigenvalue weighted by atomic mass is 10.0. The number of nitrogens with zero attached hydrogens (tertiary/aromatic N) is 2. The molecule has 0 spiro atoms. The van der Waals surface area contributed by atoms with E-state index in [-0.39, 0.29) is 11.2 Å². The third kappa shape index (κ3) is 3.21. The second-order valence-electron chi connectivity index (χ2n) is 4.44. The maximum atomic E-state index is 11.3. The standard InChI is InChI=1S/C11H17N3O2S/c1-7-12-11(14-13-7)17-9-6-4-2-3-5-8(9)10(15)16/h8-9H,2-6H2,1H3,(H,15,16)(H,12,13,14). The Bertz CT molecular complexity index is 394. The molecular weight excluding hydrogens is 238 g/mol. The fourth-order valence-electron chi connectivity index (χ4n) is 2.21. The van der Waals surface area contributed by atoms with Crippen molar-refractivity contribution in [1.29, 1.82) is 0 Å². The van der Waals surface area contributed by atoms with E-state index in [9.17, 15) is 9.90 Å². The van der Waals surface area contributed by atoms with Crippen LogP contribution >= 0.6 is 11.8 Å². The number of nitrogens with one attached hydrogen (secondary N) is 1. The van der Waals surface area contributed by atoms with Crippen LogP contribution in [0, 0.1) is 12.8 Å². The summed E-state index contributed by atoms with van der Waals surface area (Å²) in [6.45, 7) is 1.85. The molecule has 0 amide bonds. The first kappa shape index (κ1) is 12.4. The number of rotatable bonds is 3. The molecule has 2 rings (SSSR count). The Morgan fingerprint density at radius 3 is 2.82 bits per heavy atom. The molecule has 1 aliphatic rings. The van der Waals surface area contributed by atoms with E-state index in [2.05, 4.69) is 15.2 Å². The molecule has 2 atom stereocenters. The van der Waals surface area contributed by atoms with Crippen molar-refractivity contribution in [1.82, 2.24) is 15.2 Å². The number of hydrogen-bond acceptors (Lipinski definition) is 4. The summed E-state index contributed by atoms with van der Waals surface area (Å²) in [5.41, 5.74) is 0. The Kier molecular flexibility index (Phi) is 4.04. The van der Waals surface area contributed by atoms with Crippen LogP contribution in [-0.4, -0.2) is 31.5 Å². The summed E-state index contributed by atoms with van der Waals surface area (Å²) in [5, 5.41) is 16.9. The van der Waals surface area contributed by atoms with Crippen molar-refractivity contribution in [2.24, 2.45) is 5.92 Å². The van der Waals surface area contributed by atoms with Crippen LogP contribution in [0.5, 0.6) is 0 Å². The number of carboxylic acid groups (broad SMARTS) is 1. The predicted molar refractivity (Wildman–Crippen MR) is 65.0 cm³/mol. The molecule has 2 N–H and O–H groups in total. The molecule has 2 unspecified atom stereocenters. The molecule has 6 heteroatoms. The van der Waals surface area contributed by atoms with E-state index in [1.165, 1.54) is 11.8 Å². The van der Waals surface area contributed by atoms with Crippen LogP contribution in [-0.2, 0) is 4.79 Å². The Morgan fingerprint density at radius 1 is 1.41 bits per heavy atom. The van der Waals surface area contributed by atoms with E-state index >= 15 is 0 Å². The SMILES string of the molecule is Cc1nc(SC2CCCCCC2C(=O)O)n[nH]1. The molecule has 0 aromatic carbocycles. The van der Waals surface area contributed by atoms with Crippen LogP contribution in [0.2, 0.25) is 0 Å². The zero-order valence-electron chi connectivity index (χ0n) is 9.85. The minimum atomic E-state index is -0.684. The van der Waals surface area contributed by atoms with Gasteiger partial charge >= 0.3 is 5.97 Å². The second-order valence-corrected chi connectivity index (χ2v) is 5.65. The molecular formula is C11H17N3O2S. The maximum Gasteiger partial charge on any atom is 0.307 e. The highest BCUT2D eigenvalue weighted by molar-refractivity contribution is 7.99. The Hall–Kier alpha value is -1.04. The van der Waals surface area contributed by atoms with Crippen molar-refractivity contribution < 1.29 is 9.90 Å². The number of hydrogen-bond donors (Lipinski definition) is 2. The first-order valence-corrected chi connectivity index (χ1v) is 6.83. The Morgan fingerprint density at radius 2 is 2.18 bits per heavy atom. The summed E-state index contributed by atoms with van der Waals surface area (Å²) in [7, 11) is 0. The molecule has 1 fully saturated rings. The van der Waals surface area contributed by atoms with Crippen molar-refractivity contribution in [3.05, 3.63) is 5.82 Å². The van der Waals surface area contributed by atoms with Gasteiger partial charge in [0.2, 0.25) is 5.16 Å². The average molecular weight is 255 g/mol. The van der Waals surface area contributed by atoms with Gasteiger partial charge in [0.1, 0.15) is 5.82 Å². The number of carbonyl (C=O) groups is 1. The zero-order valence-corrected chi connectivity index (χ0v) is 10.7. The molecule has 0 saturated heterocycles. The number of thioether (sulfide) groups is 1. The summed E-state index contributed by atoms with van der Waals surface area (Å²) >= 11 is 1.50.